The van der Waals surface area contributed by atoms with Gasteiger partial charge in [-0.05, 0) is 29.8 Å². The van der Waals surface area contributed by atoms with Crippen LogP contribution in [0.25, 0.3) is 0 Å². The zero-order valence-electron chi connectivity index (χ0n) is 11.6. The fourth-order valence-corrected chi connectivity index (χ4v) is 3.07. The van der Waals surface area contributed by atoms with E-state index in [1.54, 1.807) is 54.6 Å². The molecule has 0 unspecified atom stereocenters. The van der Waals surface area contributed by atoms with Crippen LogP contribution >= 0.6 is 0 Å². The first-order valence-electron chi connectivity index (χ1n) is 6.31. The molecular formula is C15H16N2O3S. The maximum Gasteiger partial charge on any atom is 0.248 e. The molecule has 2 aromatic rings. The molecule has 0 atom stereocenters. The predicted molar refractivity (Wildman–Crippen MR) is 80.1 cm³/mol. The number of benzene rings is 2. The fourth-order valence-electron chi connectivity index (χ4n) is 1.89. The Balaban J connectivity index is 2.18. The lowest BCUT2D eigenvalue weighted by molar-refractivity contribution is 0.100. The van der Waals surface area contributed by atoms with E-state index in [2.05, 4.69) is 0 Å². The highest BCUT2D eigenvalue weighted by atomic mass is 32.2. The van der Waals surface area contributed by atoms with E-state index < -0.39 is 15.9 Å². The monoisotopic (exact) mass is 304 g/mol. The highest BCUT2D eigenvalue weighted by Crippen LogP contribution is 2.16. The van der Waals surface area contributed by atoms with Crippen molar-refractivity contribution in [2.45, 2.75) is 11.4 Å². The normalized spacial score (nSPS) is 11.5. The van der Waals surface area contributed by atoms with Crippen molar-refractivity contribution in [3.05, 3.63) is 65.7 Å². The molecule has 2 rings (SSSR count). The van der Waals surface area contributed by atoms with Gasteiger partial charge in [0.25, 0.3) is 0 Å². The summed E-state index contributed by atoms with van der Waals surface area (Å²) in [5.74, 6) is -0.508. The molecule has 0 spiro atoms. The van der Waals surface area contributed by atoms with Gasteiger partial charge in [-0.2, -0.15) is 4.31 Å². The molecule has 5 nitrogen and oxygen atoms in total. The summed E-state index contributed by atoms with van der Waals surface area (Å²) in [4.78, 5) is 11.2. The standard InChI is InChI=1S/C15H16N2O3S/c1-17(21(19,20)14-5-3-2-4-6-14)11-12-7-9-13(10-8-12)15(16)18/h2-10H,11H2,1H3,(H2,16,18). The van der Waals surface area contributed by atoms with Gasteiger partial charge in [-0.1, -0.05) is 30.3 Å². The maximum absolute atomic E-state index is 12.4. The van der Waals surface area contributed by atoms with Crippen molar-refractivity contribution in [2.75, 3.05) is 7.05 Å². The third-order valence-electron chi connectivity index (χ3n) is 3.10. The smallest absolute Gasteiger partial charge is 0.248 e. The molecule has 21 heavy (non-hydrogen) atoms. The molecule has 0 saturated carbocycles. The molecule has 0 radical (unpaired) electrons. The quantitative estimate of drug-likeness (QED) is 0.911. The van der Waals surface area contributed by atoms with Crippen LogP contribution in [0.4, 0.5) is 0 Å². The van der Waals surface area contributed by atoms with Crippen molar-refractivity contribution in [1.82, 2.24) is 4.31 Å². The van der Waals surface area contributed by atoms with Crippen LogP contribution in [0.2, 0.25) is 0 Å². The maximum atomic E-state index is 12.4. The Morgan fingerprint density at radius 3 is 2.14 bits per heavy atom. The van der Waals surface area contributed by atoms with Gasteiger partial charge in [0.15, 0.2) is 0 Å². The third kappa shape index (κ3) is 3.48. The van der Waals surface area contributed by atoms with E-state index in [1.165, 1.54) is 11.4 Å². The van der Waals surface area contributed by atoms with Gasteiger partial charge in [0.2, 0.25) is 15.9 Å². The van der Waals surface area contributed by atoms with Crippen molar-refractivity contribution >= 4 is 15.9 Å². The molecule has 0 fully saturated rings. The first-order chi connectivity index (χ1) is 9.91. The second-order valence-corrected chi connectivity index (χ2v) is 6.68. The van der Waals surface area contributed by atoms with Crippen LogP contribution in [0.15, 0.2) is 59.5 Å². The van der Waals surface area contributed by atoms with Gasteiger partial charge in [-0.25, -0.2) is 8.42 Å². The van der Waals surface area contributed by atoms with E-state index >= 15 is 0 Å². The number of nitrogens with zero attached hydrogens (tertiary/aromatic N) is 1. The largest absolute Gasteiger partial charge is 0.366 e. The topological polar surface area (TPSA) is 80.5 Å². The Morgan fingerprint density at radius 2 is 1.62 bits per heavy atom. The molecule has 2 N–H and O–H groups in total. The van der Waals surface area contributed by atoms with E-state index in [1.807, 2.05) is 0 Å². The van der Waals surface area contributed by atoms with E-state index in [9.17, 15) is 13.2 Å². The minimum atomic E-state index is -3.52. The lowest BCUT2D eigenvalue weighted by Gasteiger charge is -2.17. The minimum Gasteiger partial charge on any atom is -0.366 e. The summed E-state index contributed by atoms with van der Waals surface area (Å²) < 4.78 is 26.0. The summed E-state index contributed by atoms with van der Waals surface area (Å²) in [5, 5.41) is 0. The summed E-state index contributed by atoms with van der Waals surface area (Å²) in [6.45, 7) is 0.219. The van der Waals surface area contributed by atoms with Crippen molar-refractivity contribution in [3.63, 3.8) is 0 Å². The van der Waals surface area contributed by atoms with Crippen molar-refractivity contribution in [3.8, 4) is 0 Å². The summed E-state index contributed by atoms with van der Waals surface area (Å²) in [5.41, 5.74) is 6.34. The van der Waals surface area contributed by atoms with Crippen molar-refractivity contribution in [1.29, 1.82) is 0 Å². The molecule has 2 aromatic carbocycles. The lowest BCUT2D eigenvalue weighted by Crippen LogP contribution is -2.26. The fraction of sp³-hybridized carbons (Fsp3) is 0.133. The molecule has 0 aromatic heterocycles. The SMILES string of the molecule is CN(Cc1ccc(C(N)=O)cc1)S(=O)(=O)c1ccccc1. The second kappa shape index (κ2) is 6.07. The highest BCUT2D eigenvalue weighted by Gasteiger charge is 2.20. The molecule has 6 heteroatoms. The summed E-state index contributed by atoms with van der Waals surface area (Å²) in [6.07, 6.45) is 0. The van der Waals surface area contributed by atoms with Gasteiger partial charge in [0.05, 0.1) is 4.90 Å². The number of hydrogen-bond acceptors (Lipinski definition) is 3. The van der Waals surface area contributed by atoms with Crippen LogP contribution in [-0.2, 0) is 16.6 Å². The van der Waals surface area contributed by atoms with Crippen LogP contribution in [-0.4, -0.2) is 25.7 Å². The number of carbonyl (C=O) groups is 1. The molecule has 0 aliphatic rings. The van der Waals surface area contributed by atoms with Crippen LogP contribution in [0.1, 0.15) is 15.9 Å². The zero-order valence-corrected chi connectivity index (χ0v) is 12.4. The molecule has 0 heterocycles. The van der Waals surface area contributed by atoms with Crippen molar-refractivity contribution < 1.29 is 13.2 Å². The molecule has 0 saturated heterocycles. The van der Waals surface area contributed by atoms with Gasteiger partial charge in [-0.3, -0.25) is 4.79 Å². The van der Waals surface area contributed by atoms with Gasteiger partial charge >= 0.3 is 0 Å². The number of nitrogens with two attached hydrogens (primary N) is 1. The Kier molecular flexibility index (Phi) is 4.40. The molecule has 0 aliphatic heterocycles. The second-order valence-electron chi connectivity index (χ2n) is 4.64. The van der Waals surface area contributed by atoms with Crippen LogP contribution in [0.5, 0.6) is 0 Å². The number of carbonyl (C=O) groups excluding carboxylic acids is 1. The van der Waals surface area contributed by atoms with Crippen LogP contribution in [0, 0.1) is 0 Å². The van der Waals surface area contributed by atoms with Gasteiger partial charge in [0.1, 0.15) is 0 Å². The lowest BCUT2D eigenvalue weighted by atomic mass is 10.1. The Hall–Kier alpha value is -2.18. The van der Waals surface area contributed by atoms with Gasteiger partial charge in [-0.15, -0.1) is 0 Å². The first kappa shape index (κ1) is 15.2. The number of amides is 1. The molecule has 0 aliphatic carbocycles. The average molecular weight is 304 g/mol. The number of hydrogen-bond donors (Lipinski definition) is 1. The van der Waals surface area contributed by atoms with Gasteiger partial charge < -0.3 is 5.73 Å². The predicted octanol–water partition coefficient (Wildman–Crippen LogP) is 1.61. The third-order valence-corrected chi connectivity index (χ3v) is 4.91. The van der Waals surface area contributed by atoms with E-state index in [0.717, 1.165) is 5.56 Å². The number of sulfonamides is 1. The average Bonchev–Trinajstić information content (AvgIpc) is 2.48. The van der Waals surface area contributed by atoms with E-state index in [0.29, 0.717) is 5.56 Å². The summed E-state index contributed by atoms with van der Waals surface area (Å²) in [7, 11) is -2.00. The minimum absolute atomic E-state index is 0.219. The van der Waals surface area contributed by atoms with Crippen molar-refractivity contribution in [2.24, 2.45) is 5.73 Å². The first-order valence-corrected chi connectivity index (χ1v) is 7.75. The zero-order chi connectivity index (χ0) is 15.5. The van der Waals surface area contributed by atoms with Crippen LogP contribution < -0.4 is 5.73 Å². The summed E-state index contributed by atoms with van der Waals surface area (Å²) >= 11 is 0. The Labute approximate surface area is 124 Å². The van der Waals surface area contributed by atoms with E-state index in [4.69, 9.17) is 5.73 Å². The van der Waals surface area contributed by atoms with Crippen LogP contribution in [0.3, 0.4) is 0 Å². The highest BCUT2D eigenvalue weighted by molar-refractivity contribution is 7.89. The van der Waals surface area contributed by atoms with E-state index in [-0.39, 0.29) is 11.4 Å². The molecule has 110 valence electrons. The molecule has 1 amide bonds. The summed E-state index contributed by atoms with van der Waals surface area (Å²) in [6, 6.07) is 14.8. The number of rotatable bonds is 5. The Bertz CT molecular complexity index is 725. The number of primary amides is 1. The van der Waals surface area contributed by atoms with Gasteiger partial charge in [0, 0.05) is 19.2 Å². The molecule has 0 bridgehead atoms. The molecular weight excluding hydrogens is 288 g/mol. The Morgan fingerprint density at radius 1 is 1.05 bits per heavy atom.